The zero-order valence-electron chi connectivity index (χ0n) is 25.6. The predicted octanol–water partition coefficient (Wildman–Crippen LogP) is 6.83. The van der Waals surface area contributed by atoms with Crippen LogP contribution in [-0.2, 0) is 26.1 Å². The summed E-state index contributed by atoms with van der Waals surface area (Å²) in [4.78, 5) is 19.5. The fraction of sp³-hybridized carbons (Fsp3) is 0.222. The molecule has 8 nitrogen and oxygen atoms in total. The lowest BCUT2D eigenvalue weighted by Gasteiger charge is -2.31. The third-order valence-corrected chi connectivity index (χ3v) is 8.64. The number of H-pyrrole nitrogens is 1. The summed E-state index contributed by atoms with van der Waals surface area (Å²) in [6, 6.07) is 31.5. The summed E-state index contributed by atoms with van der Waals surface area (Å²) in [5.74, 6) is 1.36. The number of nitrogens with zero attached hydrogens (tertiary/aromatic N) is 5. The molecule has 0 saturated carbocycles. The average Bonchev–Trinajstić information content (AvgIpc) is 3.52. The van der Waals surface area contributed by atoms with E-state index in [-0.39, 0.29) is 5.56 Å². The molecule has 1 N–H and O–H groups in total. The summed E-state index contributed by atoms with van der Waals surface area (Å²) in [5, 5.41) is 14.7. The summed E-state index contributed by atoms with van der Waals surface area (Å²) in [6.45, 7) is 5.56. The van der Waals surface area contributed by atoms with Crippen molar-refractivity contribution in [2.45, 2.75) is 45.9 Å². The van der Waals surface area contributed by atoms with E-state index in [2.05, 4.69) is 50.5 Å². The molecule has 0 bridgehead atoms. The Morgan fingerprint density at radius 2 is 1.62 bits per heavy atom. The molecule has 0 spiro atoms. The molecule has 0 aliphatic carbocycles. The molecule has 0 radical (unpaired) electrons. The third-order valence-electron chi connectivity index (χ3n) is 8.27. The molecule has 1 atom stereocenters. The summed E-state index contributed by atoms with van der Waals surface area (Å²) in [6.07, 6.45) is 0.737. The topological polar surface area (TPSA) is 88.9 Å². The van der Waals surface area contributed by atoms with Crippen LogP contribution in [0.3, 0.4) is 0 Å². The number of pyridine rings is 1. The number of aromatic nitrogens is 5. The number of aryl methyl sites for hydroxylation is 4. The van der Waals surface area contributed by atoms with Gasteiger partial charge in [0.05, 0.1) is 12.6 Å². The maximum Gasteiger partial charge on any atom is 0.253 e. The van der Waals surface area contributed by atoms with Gasteiger partial charge in [0.2, 0.25) is 0 Å². The molecule has 0 saturated heterocycles. The van der Waals surface area contributed by atoms with Gasteiger partial charge in [-0.1, -0.05) is 84.4 Å². The van der Waals surface area contributed by atoms with Gasteiger partial charge in [0.1, 0.15) is 11.8 Å². The standard InChI is InChI=1S/C36H35ClN6O2/c1-24-13-14-25(2)33-30(24)21-31(36(44)38-33)34(35-39-40-41-43(35)20-19-26-9-5-4-6-10-26)42(23-28-11-7-8-12-32(28)37)22-27-15-17-29(45-3)18-16-27/h4-18,21,34H,19-20,22-23H2,1-3H3,(H,38,44)/t34-/m0/s1. The molecule has 2 aromatic heterocycles. The quantitative estimate of drug-likeness (QED) is 0.171. The third kappa shape index (κ3) is 6.67. The highest BCUT2D eigenvalue weighted by atomic mass is 35.5. The van der Waals surface area contributed by atoms with Crippen molar-refractivity contribution in [1.82, 2.24) is 30.1 Å². The fourth-order valence-electron chi connectivity index (χ4n) is 5.79. The highest BCUT2D eigenvalue weighted by Gasteiger charge is 2.31. The first-order chi connectivity index (χ1) is 21.9. The van der Waals surface area contributed by atoms with Gasteiger partial charge in [-0.3, -0.25) is 9.69 Å². The van der Waals surface area contributed by atoms with Crippen molar-refractivity contribution in [2.24, 2.45) is 0 Å². The van der Waals surface area contributed by atoms with E-state index >= 15 is 0 Å². The van der Waals surface area contributed by atoms with E-state index in [1.54, 1.807) is 7.11 Å². The number of halogens is 1. The average molecular weight is 619 g/mol. The second-order valence-corrected chi connectivity index (χ2v) is 11.7. The number of ether oxygens (including phenoxy) is 1. The van der Waals surface area contributed by atoms with Crippen molar-refractivity contribution in [3.8, 4) is 5.75 Å². The normalized spacial score (nSPS) is 12.1. The van der Waals surface area contributed by atoms with Gasteiger partial charge in [-0.2, -0.15) is 0 Å². The van der Waals surface area contributed by atoms with Crippen LogP contribution in [0.1, 0.15) is 45.2 Å². The lowest BCUT2D eigenvalue weighted by atomic mass is 9.98. The molecular weight excluding hydrogens is 584 g/mol. The monoisotopic (exact) mass is 618 g/mol. The SMILES string of the molecule is COc1ccc(CN(Cc2ccccc2Cl)[C@@H](c2cc3c(C)ccc(C)c3[nH]c2=O)c2nnnn2CCc2ccccc2)cc1. The number of rotatable bonds is 11. The number of hydrogen-bond acceptors (Lipinski definition) is 6. The van der Waals surface area contributed by atoms with Gasteiger partial charge in [-0.25, -0.2) is 4.68 Å². The van der Waals surface area contributed by atoms with E-state index in [4.69, 9.17) is 16.3 Å². The largest absolute Gasteiger partial charge is 0.497 e. The first-order valence-electron chi connectivity index (χ1n) is 14.9. The molecule has 45 heavy (non-hydrogen) atoms. The molecule has 6 rings (SSSR count). The van der Waals surface area contributed by atoms with Crippen molar-refractivity contribution in [1.29, 1.82) is 0 Å². The number of tetrazole rings is 1. The first-order valence-corrected chi connectivity index (χ1v) is 15.3. The summed E-state index contributed by atoms with van der Waals surface area (Å²) >= 11 is 6.73. The molecule has 0 aliphatic heterocycles. The molecule has 9 heteroatoms. The minimum Gasteiger partial charge on any atom is -0.497 e. The smallest absolute Gasteiger partial charge is 0.253 e. The van der Waals surface area contributed by atoms with E-state index in [0.717, 1.165) is 45.3 Å². The van der Waals surface area contributed by atoms with Gasteiger partial charge in [-0.05, 0) is 82.8 Å². The molecule has 228 valence electrons. The van der Waals surface area contributed by atoms with Crippen LogP contribution in [0.2, 0.25) is 5.02 Å². The minimum absolute atomic E-state index is 0.183. The molecule has 6 aromatic rings. The first kappa shape index (κ1) is 30.2. The molecule has 0 fully saturated rings. The van der Waals surface area contributed by atoms with Gasteiger partial charge in [0.25, 0.3) is 5.56 Å². The van der Waals surface area contributed by atoms with E-state index in [0.29, 0.717) is 36.0 Å². The fourth-order valence-corrected chi connectivity index (χ4v) is 5.98. The number of hydrogen-bond donors (Lipinski definition) is 1. The summed E-state index contributed by atoms with van der Waals surface area (Å²) in [7, 11) is 1.65. The maximum atomic E-state index is 14.1. The van der Waals surface area contributed by atoms with E-state index in [1.165, 1.54) is 5.56 Å². The zero-order valence-corrected chi connectivity index (χ0v) is 26.3. The van der Waals surface area contributed by atoms with Crippen LogP contribution in [0.4, 0.5) is 0 Å². The molecule has 4 aromatic carbocycles. The van der Waals surface area contributed by atoms with Crippen molar-refractivity contribution < 1.29 is 4.74 Å². The van der Waals surface area contributed by atoms with E-state index in [9.17, 15) is 4.79 Å². The van der Waals surface area contributed by atoms with Crippen LogP contribution in [0, 0.1) is 13.8 Å². The number of methoxy groups -OCH3 is 1. The van der Waals surface area contributed by atoms with Crippen LogP contribution >= 0.6 is 11.6 Å². The summed E-state index contributed by atoms with van der Waals surface area (Å²) in [5.41, 5.74) is 6.45. The van der Waals surface area contributed by atoms with Gasteiger partial charge < -0.3 is 9.72 Å². The maximum absolute atomic E-state index is 14.1. The Labute approximate surface area is 267 Å². The lowest BCUT2D eigenvalue weighted by molar-refractivity contribution is 0.193. The zero-order chi connectivity index (χ0) is 31.3. The van der Waals surface area contributed by atoms with Gasteiger partial charge in [-0.15, -0.1) is 5.10 Å². The molecule has 2 heterocycles. The molecule has 0 amide bonds. The van der Waals surface area contributed by atoms with Crippen LogP contribution < -0.4 is 10.3 Å². The highest BCUT2D eigenvalue weighted by Crippen LogP contribution is 2.32. The second-order valence-electron chi connectivity index (χ2n) is 11.3. The Balaban J connectivity index is 1.52. The molecule has 0 aliphatic rings. The number of aromatic amines is 1. The number of benzene rings is 4. The Morgan fingerprint density at radius 1 is 0.889 bits per heavy atom. The Morgan fingerprint density at radius 3 is 2.38 bits per heavy atom. The lowest BCUT2D eigenvalue weighted by Crippen LogP contribution is -2.35. The number of nitrogens with one attached hydrogen (secondary N) is 1. The van der Waals surface area contributed by atoms with Crippen molar-refractivity contribution in [2.75, 3.05) is 7.11 Å². The van der Waals surface area contributed by atoms with Gasteiger partial charge in [0, 0.05) is 35.6 Å². The Hall–Kier alpha value is -4.79. The van der Waals surface area contributed by atoms with Crippen molar-refractivity contribution in [3.63, 3.8) is 0 Å². The molecular formula is C36H35ClN6O2. The Kier molecular flexibility index (Phi) is 9.05. The van der Waals surface area contributed by atoms with Crippen LogP contribution in [0.15, 0.2) is 102 Å². The van der Waals surface area contributed by atoms with Crippen LogP contribution in [-0.4, -0.2) is 37.2 Å². The summed E-state index contributed by atoms with van der Waals surface area (Å²) < 4.78 is 7.23. The van der Waals surface area contributed by atoms with Gasteiger partial charge >= 0.3 is 0 Å². The number of fused-ring (bicyclic) bond motifs is 1. The minimum atomic E-state index is -0.595. The second kappa shape index (κ2) is 13.5. The van der Waals surface area contributed by atoms with E-state index in [1.807, 2.05) is 90.5 Å². The van der Waals surface area contributed by atoms with Gasteiger partial charge in [0.15, 0.2) is 5.82 Å². The molecule has 0 unspecified atom stereocenters. The van der Waals surface area contributed by atoms with Crippen LogP contribution in [0.5, 0.6) is 5.75 Å². The van der Waals surface area contributed by atoms with Crippen molar-refractivity contribution in [3.05, 3.63) is 152 Å². The predicted molar refractivity (Wildman–Crippen MR) is 178 cm³/mol. The van der Waals surface area contributed by atoms with E-state index < -0.39 is 6.04 Å². The highest BCUT2D eigenvalue weighted by molar-refractivity contribution is 6.31. The Bertz CT molecular complexity index is 1970. The van der Waals surface area contributed by atoms with Crippen molar-refractivity contribution >= 4 is 22.5 Å². The van der Waals surface area contributed by atoms with Crippen LogP contribution in [0.25, 0.3) is 10.9 Å².